The van der Waals surface area contributed by atoms with E-state index in [1.165, 1.54) is 6.08 Å². The van der Waals surface area contributed by atoms with Gasteiger partial charge in [0.25, 0.3) is 0 Å². The maximum Gasteiger partial charge on any atom is 0.187 e. The van der Waals surface area contributed by atoms with Gasteiger partial charge in [0, 0.05) is 15.5 Å². The maximum atomic E-state index is 12.0. The average molecular weight is 297 g/mol. The number of allylic oxidation sites excluding steroid dienone is 1. The summed E-state index contributed by atoms with van der Waals surface area (Å²) in [6.07, 6.45) is 3.33. The topological polar surface area (TPSA) is 17.1 Å². The summed E-state index contributed by atoms with van der Waals surface area (Å²) in [6, 6.07) is 6.88. The lowest BCUT2D eigenvalue weighted by Crippen LogP contribution is -1.95. The van der Waals surface area contributed by atoms with Crippen LogP contribution in [0.15, 0.2) is 35.7 Å². The first-order valence-corrected chi connectivity index (χ1v) is 6.93. The predicted octanol–water partition coefficient (Wildman–Crippen LogP) is 5.26. The first-order valence-electron chi connectivity index (χ1n) is 5.29. The van der Waals surface area contributed by atoms with Crippen molar-refractivity contribution in [3.8, 4) is 0 Å². The molecule has 1 nitrogen and oxygen atoms in total. The Balaban J connectivity index is 2.25. The number of aryl methyl sites for hydroxylation is 1. The van der Waals surface area contributed by atoms with E-state index in [0.717, 1.165) is 10.4 Å². The zero-order valence-corrected chi connectivity index (χ0v) is 11.9. The lowest BCUT2D eigenvalue weighted by atomic mass is 10.1. The molecular formula is C14H10Cl2OS. The highest BCUT2D eigenvalue weighted by molar-refractivity contribution is 7.11. The summed E-state index contributed by atoms with van der Waals surface area (Å²) in [5.41, 5.74) is 1.58. The molecule has 2 aromatic rings. The molecule has 4 heteroatoms. The molecule has 0 fully saturated rings. The van der Waals surface area contributed by atoms with Crippen molar-refractivity contribution in [2.45, 2.75) is 6.92 Å². The van der Waals surface area contributed by atoms with E-state index in [0.29, 0.717) is 15.6 Å². The van der Waals surface area contributed by atoms with Gasteiger partial charge in [-0.1, -0.05) is 23.2 Å². The molecule has 1 heterocycles. The molecule has 0 saturated carbocycles. The van der Waals surface area contributed by atoms with Gasteiger partial charge in [-0.2, -0.15) is 0 Å². The van der Waals surface area contributed by atoms with Crippen LogP contribution in [-0.4, -0.2) is 5.78 Å². The fraction of sp³-hybridized carbons (Fsp3) is 0.0714. The van der Waals surface area contributed by atoms with Crippen LogP contribution in [0.2, 0.25) is 10.0 Å². The molecule has 2 rings (SSSR count). The molecule has 1 aromatic heterocycles. The molecule has 0 saturated heterocycles. The van der Waals surface area contributed by atoms with Crippen molar-refractivity contribution in [1.82, 2.24) is 0 Å². The fourth-order valence-electron chi connectivity index (χ4n) is 1.48. The second-order valence-corrected chi connectivity index (χ2v) is 5.58. The summed E-state index contributed by atoms with van der Waals surface area (Å²) in [4.78, 5) is 13.1. The Labute approximate surface area is 120 Å². The Morgan fingerprint density at radius 1 is 1.28 bits per heavy atom. The summed E-state index contributed by atoms with van der Waals surface area (Å²) in [7, 11) is 0. The van der Waals surface area contributed by atoms with Crippen molar-refractivity contribution in [2.75, 3.05) is 0 Å². The Kier molecular flexibility index (Phi) is 4.23. The monoisotopic (exact) mass is 296 g/mol. The second-order valence-electron chi connectivity index (χ2n) is 3.79. The zero-order chi connectivity index (χ0) is 13.1. The Hall–Kier alpha value is -1.09. The molecule has 0 atom stereocenters. The molecular weight excluding hydrogens is 287 g/mol. The zero-order valence-electron chi connectivity index (χ0n) is 9.61. The molecule has 0 unspecified atom stereocenters. The van der Waals surface area contributed by atoms with Crippen molar-refractivity contribution in [2.24, 2.45) is 0 Å². The summed E-state index contributed by atoms with van der Waals surface area (Å²) in [5.74, 6) is -0.143. The minimum Gasteiger partial charge on any atom is -0.289 e. The number of hydrogen-bond acceptors (Lipinski definition) is 2. The van der Waals surface area contributed by atoms with E-state index in [-0.39, 0.29) is 5.78 Å². The Bertz CT molecular complexity index is 614. The van der Waals surface area contributed by atoms with Crippen molar-refractivity contribution in [3.05, 3.63) is 61.8 Å². The highest BCUT2D eigenvalue weighted by Crippen LogP contribution is 2.22. The first-order chi connectivity index (χ1) is 8.58. The van der Waals surface area contributed by atoms with Crippen LogP contribution in [0.3, 0.4) is 0 Å². The number of thiophene rings is 1. The molecule has 0 bridgehead atoms. The number of ketones is 1. The second kappa shape index (κ2) is 5.70. The molecule has 18 heavy (non-hydrogen) atoms. The third-order valence-electron chi connectivity index (χ3n) is 2.48. The van der Waals surface area contributed by atoms with Gasteiger partial charge in [0.15, 0.2) is 5.78 Å². The molecule has 0 spiro atoms. The third kappa shape index (κ3) is 3.02. The van der Waals surface area contributed by atoms with Crippen LogP contribution < -0.4 is 0 Å². The smallest absolute Gasteiger partial charge is 0.187 e. The summed E-state index contributed by atoms with van der Waals surface area (Å²) in [6.45, 7) is 2.01. The van der Waals surface area contributed by atoms with Gasteiger partial charge in [0.2, 0.25) is 0 Å². The van der Waals surface area contributed by atoms with E-state index in [4.69, 9.17) is 23.2 Å². The van der Waals surface area contributed by atoms with E-state index >= 15 is 0 Å². The van der Waals surface area contributed by atoms with Gasteiger partial charge in [-0.15, -0.1) is 11.3 Å². The maximum absolute atomic E-state index is 12.0. The quantitative estimate of drug-likeness (QED) is 0.558. The molecule has 0 radical (unpaired) electrons. The van der Waals surface area contributed by atoms with Gasteiger partial charge in [0.1, 0.15) is 0 Å². The average Bonchev–Trinajstić information content (AvgIpc) is 2.75. The van der Waals surface area contributed by atoms with Crippen LogP contribution in [0.25, 0.3) is 6.08 Å². The van der Waals surface area contributed by atoms with E-state index in [9.17, 15) is 4.79 Å². The minimum absolute atomic E-state index is 0.143. The van der Waals surface area contributed by atoms with E-state index in [1.54, 1.807) is 35.6 Å². The van der Waals surface area contributed by atoms with Crippen molar-refractivity contribution in [1.29, 1.82) is 0 Å². The largest absolute Gasteiger partial charge is 0.289 e. The number of halogens is 2. The lowest BCUT2D eigenvalue weighted by Gasteiger charge is -2.00. The van der Waals surface area contributed by atoms with Gasteiger partial charge in [-0.05, 0) is 54.3 Å². The summed E-state index contributed by atoms with van der Waals surface area (Å²) < 4.78 is 0. The van der Waals surface area contributed by atoms with Crippen LogP contribution in [-0.2, 0) is 0 Å². The van der Waals surface area contributed by atoms with Crippen LogP contribution in [0.4, 0.5) is 0 Å². The number of carbonyl (C=O) groups is 1. The predicted molar refractivity (Wildman–Crippen MR) is 78.9 cm³/mol. The van der Waals surface area contributed by atoms with Gasteiger partial charge >= 0.3 is 0 Å². The Morgan fingerprint density at radius 2 is 2.06 bits per heavy atom. The molecule has 92 valence electrons. The van der Waals surface area contributed by atoms with E-state index < -0.39 is 0 Å². The minimum atomic E-state index is -0.143. The van der Waals surface area contributed by atoms with Gasteiger partial charge < -0.3 is 0 Å². The lowest BCUT2D eigenvalue weighted by molar-refractivity contribution is 0.104. The Morgan fingerprint density at radius 3 is 2.72 bits per heavy atom. The van der Waals surface area contributed by atoms with E-state index in [1.807, 2.05) is 18.4 Å². The normalized spacial score (nSPS) is 11.1. The SMILES string of the molecule is Cc1ccsc1/C=C/C(=O)c1cc(Cl)ccc1Cl. The van der Waals surface area contributed by atoms with Gasteiger partial charge in [0.05, 0.1) is 5.02 Å². The van der Waals surface area contributed by atoms with Crippen LogP contribution in [0.5, 0.6) is 0 Å². The fourth-order valence-corrected chi connectivity index (χ4v) is 2.68. The standard InChI is InChI=1S/C14H10Cl2OS/c1-9-6-7-18-14(9)5-4-13(17)11-8-10(15)2-3-12(11)16/h2-8H,1H3/b5-4+. The molecule has 0 amide bonds. The summed E-state index contributed by atoms with van der Waals surface area (Å²) in [5, 5.41) is 2.91. The van der Waals surface area contributed by atoms with Crippen LogP contribution in [0, 0.1) is 6.92 Å². The van der Waals surface area contributed by atoms with Crippen LogP contribution in [0.1, 0.15) is 20.8 Å². The summed E-state index contributed by atoms with van der Waals surface area (Å²) >= 11 is 13.4. The molecule has 0 aliphatic heterocycles. The van der Waals surface area contributed by atoms with Gasteiger partial charge in [-0.3, -0.25) is 4.79 Å². The van der Waals surface area contributed by atoms with E-state index in [2.05, 4.69) is 0 Å². The third-order valence-corrected chi connectivity index (χ3v) is 4.03. The van der Waals surface area contributed by atoms with Crippen LogP contribution >= 0.6 is 34.5 Å². The first kappa shape index (κ1) is 13.3. The highest BCUT2D eigenvalue weighted by atomic mass is 35.5. The van der Waals surface area contributed by atoms with Crippen molar-refractivity contribution in [3.63, 3.8) is 0 Å². The number of benzene rings is 1. The number of hydrogen-bond donors (Lipinski definition) is 0. The molecule has 0 aliphatic rings. The molecule has 0 N–H and O–H groups in total. The number of rotatable bonds is 3. The van der Waals surface area contributed by atoms with Crippen molar-refractivity contribution < 1.29 is 4.79 Å². The molecule has 1 aromatic carbocycles. The number of carbonyl (C=O) groups excluding carboxylic acids is 1. The van der Waals surface area contributed by atoms with Crippen molar-refractivity contribution >= 4 is 46.4 Å². The molecule has 0 aliphatic carbocycles. The highest BCUT2D eigenvalue weighted by Gasteiger charge is 2.08. The van der Waals surface area contributed by atoms with Gasteiger partial charge in [-0.25, -0.2) is 0 Å².